The molecule has 1 saturated heterocycles. The first-order chi connectivity index (χ1) is 22.5. The summed E-state index contributed by atoms with van der Waals surface area (Å²) in [6.45, 7) is 4.19. The van der Waals surface area contributed by atoms with Gasteiger partial charge in [-0.05, 0) is 17.5 Å². The Morgan fingerprint density at radius 3 is 2.45 bits per heavy atom. The van der Waals surface area contributed by atoms with Gasteiger partial charge in [-0.2, -0.15) is 13.6 Å². The minimum Gasteiger partial charge on any atom is -0.497 e. The van der Waals surface area contributed by atoms with Crippen molar-refractivity contribution in [3.63, 3.8) is 0 Å². The number of H-pyrrole nitrogens is 1. The number of methoxy groups -OCH3 is 1. The lowest BCUT2D eigenvalue weighted by Crippen LogP contribution is -2.26. The maximum Gasteiger partial charge on any atom is 0.490 e. The number of nitrogen functional groups attached to an aromatic ring is 1. The largest absolute Gasteiger partial charge is 0.497 e. The van der Waals surface area contributed by atoms with Crippen molar-refractivity contribution in [3.05, 3.63) is 56.0 Å². The van der Waals surface area contributed by atoms with Gasteiger partial charge in [0.1, 0.15) is 18.1 Å². The van der Waals surface area contributed by atoms with Crippen LogP contribution in [0.4, 0.5) is 11.6 Å². The van der Waals surface area contributed by atoms with E-state index in [1.165, 1.54) is 36.1 Å². The zero-order valence-corrected chi connectivity index (χ0v) is 28.8. The molecule has 49 heavy (non-hydrogen) atoms. The van der Waals surface area contributed by atoms with E-state index in [9.17, 15) is 43.5 Å². The third-order valence-corrected chi connectivity index (χ3v) is 10.8. The van der Waals surface area contributed by atoms with Gasteiger partial charge in [0.2, 0.25) is 5.95 Å². The molecule has 25 heteroatoms. The first kappa shape index (κ1) is 38.7. The SMILES string of the molecule is COc1ccc([N+](=O)[O-])c([C@@H](OCc2cn([C@H]3C[C@H](O)[C@@H](COP(=O)(O)OP(=O)(O)OP(=O)(O)O)O3)c3nc(N)[nH]c(=O)c23)C(C)(C)C)c1. The number of aliphatic hydroxyl groups excluding tert-OH is 1. The Labute approximate surface area is 276 Å². The number of nitrogens with two attached hydrogens (primary N) is 1. The van der Waals surface area contributed by atoms with Crippen molar-refractivity contribution in [3.8, 4) is 5.75 Å². The molecule has 22 nitrogen and oxygen atoms in total. The van der Waals surface area contributed by atoms with Crippen LogP contribution in [0.1, 0.15) is 50.7 Å². The molecule has 1 aromatic carbocycles. The number of nitro groups is 1. The van der Waals surface area contributed by atoms with E-state index in [1.807, 2.05) is 0 Å². The Balaban J connectivity index is 1.60. The molecule has 0 amide bonds. The van der Waals surface area contributed by atoms with Gasteiger partial charge in [-0.1, -0.05) is 20.8 Å². The number of rotatable bonds is 14. The summed E-state index contributed by atoms with van der Waals surface area (Å²) in [6.07, 6.45) is -3.56. The predicted octanol–water partition coefficient (Wildman–Crippen LogP) is 2.52. The van der Waals surface area contributed by atoms with Crippen LogP contribution >= 0.6 is 23.5 Å². The Bertz CT molecular complexity index is 1920. The molecule has 0 bridgehead atoms. The molecule has 6 atom stereocenters. The lowest BCUT2D eigenvalue weighted by Gasteiger charge is -2.31. The number of phosphoric acid groups is 3. The van der Waals surface area contributed by atoms with Crippen LogP contribution in [0.5, 0.6) is 5.75 Å². The highest BCUT2D eigenvalue weighted by atomic mass is 31.3. The predicted molar refractivity (Wildman–Crippen MR) is 166 cm³/mol. The Hall–Kier alpha value is -3.07. The third-order valence-electron chi connectivity index (χ3n) is 7.02. The normalized spacial score (nSPS) is 21.7. The molecule has 0 saturated carbocycles. The fourth-order valence-electron chi connectivity index (χ4n) is 5.10. The molecule has 0 radical (unpaired) electrons. The number of nitrogens with zero attached hydrogens (tertiary/aromatic N) is 3. The van der Waals surface area contributed by atoms with Crippen molar-refractivity contribution in [2.45, 2.75) is 58.3 Å². The number of benzene rings is 1. The van der Waals surface area contributed by atoms with Crippen LogP contribution in [-0.2, 0) is 42.9 Å². The monoisotopic (exact) mass is 757 g/mol. The Kier molecular flexibility index (Phi) is 11.3. The number of fused-ring (bicyclic) bond motifs is 1. The highest BCUT2D eigenvalue weighted by Gasteiger charge is 2.43. The van der Waals surface area contributed by atoms with E-state index in [4.69, 9.17) is 29.7 Å². The van der Waals surface area contributed by atoms with E-state index in [0.717, 1.165) is 0 Å². The van der Waals surface area contributed by atoms with Crippen LogP contribution in [0, 0.1) is 15.5 Å². The van der Waals surface area contributed by atoms with E-state index in [2.05, 4.69) is 23.1 Å². The van der Waals surface area contributed by atoms with Gasteiger partial charge in [-0.3, -0.25) is 24.4 Å². The molecule has 1 fully saturated rings. The molecule has 1 aliphatic heterocycles. The van der Waals surface area contributed by atoms with Crippen molar-refractivity contribution >= 4 is 46.1 Å². The number of anilines is 1. The fraction of sp³-hybridized carbons (Fsp3) is 0.500. The van der Waals surface area contributed by atoms with E-state index in [0.29, 0.717) is 5.75 Å². The minimum atomic E-state index is -5.78. The Morgan fingerprint density at radius 2 is 1.86 bits per heavy atom. The van der Waals surface area contributed by atoms with Gasteiger partial charge < -0.3 is 49.2 Å². The summed E-state index contributed by atoms with van der Waals surface area (Å²) in [5.74, 6) is 0.0808. The average molecular weight is 757 g/mol. The van der Waals surface area contributed by atoms with E-state index >= 15 is 0 Å². The summed E-state index contributed by atoms with van der Waals surface area (Å²) in [5, 5.41) is 22.5. The lowest BCUT2D eigenvalue weighted by atomic mass is 9.83. The van der Waals surface area contributed by atoms with Crippen molar-refractivity contribution < 1.29 is 70.7 Å². The number of aromatic amines is 1. The standard InChI is InChI=1S/C24H34N5O17P3/c1-24(2,3)20(14-7-13(41-4)5-6-15(14)29(32)33)42-10-12-9-28(21-19(12)22(31)27-23(25)26-21)18-8-16(30)17(44-18)11-43-48(37,38)46-49(39,40)45-47(34,35)36/h5-7,9,16-18,20,30H,8,10-11H2,1-4H3,(H,37,38)(H,39,40)(H2,34,35,36)(H3,25,26,27,31)/t16-,17+,18+,20+/m0/s1. The summed E-state index contributed by atoms with van der Waals surface area (Å²) in [7, 11) is -15.5. The summed E-state index contributed by atoms with van der Waals surface area (Å²) in [5.41, 5.74) is 4.66. The van der Waals surface area contributed by atoms with Crippen molar-refractivity contribution in [2.24, 2.45) is 5.41 Å². The van der Waals surface area contributed by atoms with Crippen molar-refractivity contribution in [1.29, 1.82) is 0 Å². The zero-order chi connectivity index (χ0) is 36.7. The highest BCUT2D eigenvalue weighted by Crippen LogP contribution is 2.66. The number of nitro benzene ring substituents is 1. The first-order valence-corrected chi connectivity index (χ1v) is 18.5. The molecule has 1 aliphatic rings. The van der Waals surface area contributed by atoms with Gasteiger partial charge in [0, 0.05) is 24.2 Å². The maximum atomic E-state index is 13.1. The molecule has 2 aromatic heterocycles. The number of phosphoric ester groups is 1. The van der Waals surface area contributed by atoms with Crippen LogP contribution in [0.15, 0.2) is 29.2 Å². The van der Waals surface area contributed by atoms with Crippen LogP contribution in [-0.4, -0.2) is 70.1 Å². The van der Waals surface area contributed by atoms with Crippen LogP contribution in [0.25, 0.3) is 11.0 Å². The molecule has 0 spiro atoms. The number of hydrogen-bond donors (Lipinski definition) is 7. The van der Waals surface area contributed by atoms with Gasteiger partial charge in [0.05, 0.1) is 48.4 Å². The van der Waals surface area contributed by atoms with E-state index in [1.54, 1.807) is 20.8 Å². The van der Waals surface area contributed by atoms with Crippen molar-refractivity contribution in [2.75, 3.05) is 19.5 Å². The molecule has 8 N–H and O–H groups in total. The second-order valence-electron chi connectivity index (χ2n) is 11.8. The molecule has 0 aliphatic carbocycles. The highest BCUT2D eigenvalue weighted by molar-refractivity contribution is 7.66. The van der Waals surface area contributed by atoms with Gasteiger partial charge in [0.15, 0.2) is 5.65 Å². The van der Waals surface area contributed by atoms with Gasteiger partial charge >= 0.3 is 23.5 Å². The first-order valence-electron chi connectivity index (χ1n) is 14.0. The number of aromatic nitrogens is 3. The summed E-state index contributed by atoms with van der Waals surface area (Å²) in [6, 6.07) is 4.22. The molecular formula is C24H34N5O17P3. The summed E-state index contributed by atoms with van der Waals surface area (Å²) in [4.78, 5) is 67.5. The van der Waals surface area contributed by atoms with Gasteiger partial charge in [0.25, 0.3) is 11.2 Å². The topological polar surface area (TPSA) is 328 Å². The quantitative estimate of drug-likeness (QED) is 0.0705. The summed E-state index contributed by atoms with van der Waals surface area (Å²) >= 11 is 0. The average Bonchev–Trinajstić information content (AvgIpc) is 3.48. The fourth-order valence-corrected chi connectivity index (χ4v) is 8.13. The molecule has 2 unspecified atom stereocenters. The van der Waals surface area contributed by atoms with Crippen molar-refractivity contribution in [1.82, 2.24) is 14.5 Å². The number of nitrogens with one attached hydrogen (secondary N) is 1. The molecule has 272 valence electrons. The lowest BCUT2D eigenvalue weighted by molar-refractivity contribution is -0.386. The molecular weight excluding hydrogens is 723 g/mol. The number of aliphatic hydroxyl groups is 1. The second kappa shape index (κ2) is 14.3. The van der Waals surface area contributed by atoms with E-state index in [-0.39, 0.29) is 46.8 Å². The minimum absolute atomic E-state index is 0.00902. The Morgan fingerprint density at radius 1 is 1.18 bits per heavy atom. The van der Waals surface area contributed by atoms with Crippen LogP contribution in [0.2, 0.25) is 0 Å². The third kappa shape index (κ3) is 9.59. The number of ether oxygens (including phenoxy) is 3. The summed E-state index contributed by atoms with van der Waals surface area (Å²) < 4.78 is 65.2. The van der Waals surface area contributed by atoms with Crippen LogP contribution < -0.4 is 16.0 Å². The zero-order valence-electron chi connectivity index (χ0n) is 26.1. The molecule has 3 aromatic rings. The number of hydrogen-bond acceptors (Lipinski definition) is 15. The smallest absolute Gasteiger partial charge is 0.490 e. The molecule has 3 heterocycles. The molecule has 4 rings (SSSR count). The van der Waals surface area contributed by atoms with Gasteiger partial charge in [-0.25, -0.2) is 13.7 Å². The second-order valence-corrected chi connectivity index (χ2v) is 16.2. The van der Waals surface area contributed by atoms with Gasteiger partial charge in [-0.15, -0.1) is 0 Å². The maximum absolute atomic E-state index is 13.1. The van der Waals surface area contributed by atoms with Crippen LogP contribution in [0.3, 0.4) is 0 Å². The van der Waals surface area contributed by atoms with E-state index < -0.39 is 70.5 Å².